The Morgan fingerprint density at radius 1 is 0.952 bits per heavy atom. The molecule has 1 nitrogen and oxygen atoms in total. The van der Waals surface area contributed by atoms with E-state index in [-0.39, 0.29) is 5.44 Å². The molecule has 0 fully saturated rings. The summed E-state index contributed by atoms with van der Waals surface area (Å²) in [7, 11) is 0. The standard InChI is InChI=1S/C19H22OS/c1-13(2)11-19(20)21-12-18-16-9-5-3-7-14(16)15-8-4-6-10-17(15)18/h3-10,13,18-20H,11-12H2,1-2H3. The molecule has 21 heavy (non-hydrogen) atoms. The summed E-state index contributed by atoms with van der Waals surface area (Å²) in [6, 6.07) is 17.3. The smallest absolute Gasteiger partial charge is 0.0995 e. The fraction of sp³-hybridized carbons (Fsp3) is 0.368. The monoisotopic (exact) mass is 298 g/mol. The topological polar surface area (TPSA) is 20.2 Å². The molecule has 0 aromatic heterocycles. The van der Waals surface area contributed by atoms with Crippen molar-refractivity contribution in [3.63, 3.8) is 0 Å². The van der Waals surface area contributed by atoms with E-state index in [4.69, 9.17) is 0 Å². The number of thioether (sulfide) groups is 1. The van der Waals surface area contributed by atoms with Crippen molar-refractivity contribution >= 4 is 11.8 Å². The van der Waals surface area contributed by atoms with Gasteiger partial charge < -0.3 is 5.11 Å². The number of aliphatic hydroxyl groups excluding tert-OH is 1. The molecule has 1 N–H and O–H groups in total. The van der Waals surface area contributed by atoms with Crippen LogP contribution in [-0.4, -0.2) is 16.3 Å². The molecule has 0 amide bonds. The van der Waals surface area contributed by atoms with Crippen molar-refractivity contribution in [2.75, 3.05) is 5.75 Å². The van der Waals surface area contributed by atoms with Crippen molar-refractivity contribution < 1.29 is 5.11 Å². The summed E-state index contributed by atoms with van der Waals surface area (Å²) in [5.41, 5.74) is 5.27. The summed E-state index contributed by atoms with van der Waals surface area (Å²) in [5, 5.41) is 10.1. The predicted molar refractivity (Wildman–Crippen MR) is 91.6 cm³/mol. The van der Waals surface area contributed by atoms with Crippen molar-refractivity contribution in [1.82, 2.24) is 0 Å². The summed E-state index contributed by atoms with van der Waals surface area (Å²) in [4.78, 5) is 0. The number of benzene rings is 2. The molecule has 2 heteroatoms. The van der Waals surface area contributed by atoms with Gasteiger partial charge in [-0.05, 0) is 34.6 Å². The van der Waals surface area contributed by atoms with Crippen molar-refractivity contribution in [3.8, 4) is 11.1 Å². The zero-order valence-electron chi connectivity index (χ0n) is 12.6. The first-order valence-corrected chi connectivity index (χ1v) is 8.69. The van der Waals surface area contributed by atoms with Crippen LogP contribution in [-0.2, 0) is 0 Å². The third-order valence-electron chi connectivity index (χ3n) is 4.09. The van der Waals surface area contributed by atoms with E-state index in [1.54, 1.807) is 11.8 Å². The van der Waals surface area contributed by atoms with Gasteiger partial charge in [-0.15, -0.1) is 11.8 Å². The molecule has 2 aromatic carbocycles. The molecule has 0 saturated carbocycles. The van der Waals surface area contributed by atoms with Gasteiger partial charge in [-0.3, -0.25) is 0 Å². The van der Waals surface area contributed by atoms with Gasteiger partial charge in [0.1, 0.15) is 0 Å². The zero-order chi connectivity index (χ0) is 14.8. The highest BCUT2D eigenvalue weighted by molar-refractivity contribution is 7.99. The maximum Gasteiger partial charge on any atom is 0.0995 e. The van der Waals surface area contributed by atoms with Gasteiger partial charge in [-0.25, -0.2) is 0 Å². The van der Waals surface area contributed by atoms with Crippen LogP contribution in [0, 0.1) is 5.92 Å². The van der Waals surface area contributed by atoms with Crippen molar-refractivity contribution in [2.24, 2.45) is 5.92 Å². The Labute approximate surface area is 131 Å². The molecule has 1 aliphatic carbocycles. The maximum absolute atomic E-state index is 10.1. The molecule has 110 valence electrons. The molecular weight excluding hydrogens is 276 g/mol. The van der Waals surface area contributed by atoms with Crippen LogP contribution in [0.2, 0.25) is 0 Å². The van der Waals surface area contributed by atoms with Gasteiger partial charge in [0.2, 0.25) is 0 Å². The summed E-state index contributed by atoms with van der Waals surface area (Å²) in [6.07, 6.45) is 0.862. The van der Waals surface area contributed by atoms with Crippen LogP contribution in [0.4, 0.5) is 0 Å². The first-order valence-electron chi connectivity index (χ1n) is 7.64. The second-order valence-corrected chi connectivity index (χ2v) is 7.36. The van der Waals surface area contributed by atoms with Crippen LogP contribution in [0.15, 0.2) is 48.5 Å². The second-order valence-electron chi connectivity index (χ2n) is 6.14. The van der Waals surface area contributed by atoms with Crippen LogP contribution in [0.1, 0.15) is 37.3 Å². The lowest BCUT2D eigenvalue weighted by molar-refractivity contribution is 0.233. The number of aliphatic hydroxyl groups is 1. The summed E-state index contributed by atoms with van der Waals surface area (Å²) >= 11 is 1.68. The SMILES string of the molecule is CC(C)CC(O)SCC1c2ccccc2-c2ccccc21. The fourth-order valence-electron chi connectivity index (χ4n) is 3.12. The Balaban J connectivity index is 1.82. The van der Waals surface area contributed by atoms with Crippen molar-refractivity contribution in [2.45, 2.75) is 31.6 Å². The first-order chi connectivity index (χ1) is 10.2. The quantitative estimate of drug-likeness (QED) is 0.793. The minimum atomic E-state index is -0.259. The molecule has 0 bridgehead atoms. The Morgan fingerprint density at radius 3 is 2.00 bits per heavy atom. The van der Waals surface area contributed by atoms with Gasteiger partial charge in [-0.1, -0.05) is 62.4 Å². The molecule has 0 spiro atoms. The third kappa shape index (κ3) is 3.02. The number of hydrogen-bond donors (Lipinski definition) is 1. The highest BCUT2D eigenvalue weighted by atomic mass is 32.2. The van der Waals surface area contributed by atoms with E-state index in [1.165, 1.54) is 22.3 Å². The first kappa shape index (κ1) is 14.7. The van der Waals surface area contributed by atoms with Crippen LogP contribution >= 0.6 is 11.8 Å². The van der Waals surface area contributed by atoms with E-state index in [9.17, 15) is 5.11 Å². The van der Waals surface area contributed by atoms with Crippen molar-refractivity contribution in [3.05, 3.63) is 59.7 Å². The third-order valence-corrected chi connectivity index (χ3v) is 5.19. The summed E-state index contributed by atoms with van der Waals surface area (Å²) in [5.74, 6) is 1.89. The predicted octanol–water partition coefficient (Wildman–Crippen LogP) is 4.90. The highest BCUT2D eigenvalue weighted by Crippen LogP contribution is 2.46. The van der Waals surface area contributed by atoms with Gasteiger partial charge in [0, 0.05) is 11.7 Å². The molecule has 1 unspecified atom stereocenters. The normalized spacial score (nSPS) is 15.0. The number of fused-ring (bicyclic) bond motifs is 3. The van der Waals surface area contributed by atoms with Crippen LogP contribution in [0.3, 0.4) is 0 Å². The minimum Gasteiger partial charge on any atom is -0.382 e. The Morgan fingerprint density at radius 2 is 1.48 bits per heavy atom. The lowest BCUT2D eigenvalue weighted by Gasteiger charge is -2.17. The Hall–Kier alpha value is -1.25. The molecule has 0 aliphatic heterocycles. The Bertz CT molecular complexity index is 575. The van der Waals surface area contributed by atoms with Crippen LogP contribution in [0.25, 0.3) is 11.1 Å². The van der Waals surface area contributed by atoms with E-state index in [2.05, 4.69) is 62.4 Å². The van der Waals surface area contributed by atoms with Gasteiger partial charge in [0.15, 0.2) is 0 Å². The molecule has 1 aliphatic rings. The fourth-order valence-corrected chi connectivity index (χ4v) is 4.41. The van der Waals surface area contributed by atoms with Gasteiger partial charge >= 0.3 is 0 Å². The number of rotatable bonds is 5. The molecule has 3 rings (SSSR count). The van der Waals surface area contributed by atoms with E-state index < -0.39 is 0 Å². The second kappa shape index (κ2) is 6.25. The molecule has 0 heterocycles. The highest BCUT2D eigenvalue weighted by Gasteiger charge is 2.28. The van der Waals surface area contributed by atoms with E-state index in [0.29, 0.717) is 11.8 Å². The van der Waals surface area contributed by atoms with Crippen molar-refractivity contribution in [1.29, 1.82) is 0 Å². The lowest BCUT2D eigenvalue weighted by Crippen LogP contribution is -2.09. The van der Waals surface area contributed by atoms with E-state index in [0.717, 1.165) is 12.2 Å². The lowest BCUT2D eigenvalue weighted by atomic mass is 9.99. The summed E-state index contributed by atoms with van der Waals surface area (Å²) < 4.78 is 0. The largest absolute Gasteiger partial charge is 0.382 e. The molecule has 1 atom stereocenters. The van der Waals surface area contributed by atoms with Gasteiger partial charge in [0.25, 0.3) is 0 Å². The average Bonchev–Trinajstić information content (AvgIpc) is 2.79. The number of hydrogen-bond acceptors (Lipinski definition) is 2. The molecular formula is C19H22OS. The molecule has 0 radical (unpaired) electrons. The summed E-state index contributed by atoms with van der Waals surface area (Å²) in [6.45, 7) is 4.31. The average molecular weight is 298 g/mol. The molecule has 0 saturated heterocycles. The van der Waals surface area contributed by atoms with E-state index >= 15 is 0 Å². The van der Waals surface area contributed by atoms with Gasteiger partial charge in [0.05, 0.1) is 5.44 Å². The molecule has 2 aromatic rings. The zero-order valence-corrected chi connectivity index (χ0v) is 13.4. The van der Waals surface area contributed by atoms with Crippen LogP contribution < -0.4 is 0 Å². The minimum absolute atomic E-state index is 0.259. The Kier molecular flexibility index (Phi) is 4.37. The maximum atomic E-state index is 10.1. The van der Waals surface area contributed by atoms with Gasteiger partial charge in [-0.2, -0.15) is 0 Å². The van der Waals surface area contributed by atoms with E-state index in [1.807, 2.05) is 0 Å². The van der Waals surface area contributed by atoms with Crippen LogP contribution in [0.5, 0.6) is 0 Å².